The standard InChI is InChI=1S/C27H31N3O6S2/c1-2-3-8-21(29-27(34)30(15-19-6-4-11-37-19)16-20-7-5-12-38-20)26(33)28-22(14-25(31)32)18-9-10-23-24(13-18)36-17-35-23/h4-7,9-13,21-22H,2-3,8,14-17H2,1H3,(H,28,33)(H,29,34)(H,31,32). The van der Waals surface area contributed by atoms with E-state index in [1.165, 1.54) is 0 Å². The maximum Gasteiger partial charge on any atom is 0.318 e. The fraction of sp³-hybridized carbons (Fsp3) is 0.370. The fourth-order valence-electron chi connectivity index (χ4n) is 4.13. The number of carbonyl (C=O) groups excluding carboxylic acids is 2. The second kappa shape index (κ2) is 13.3. The molecule has 1 aliphatic rings. The summed E-state index contributed by atoms with van der Waals surface area (Å²) in [5, 5.41) is 19.2. The van der Waals surface area contributed by atoms with Gasteiger partial charge in [-0.1, -0.05) is 38.0 Å². The van der Waals surface area contributed by atoms with Crippen molar-refractivity contribution in [1.82, 2.24) is 15.5 Å². The van der Waals surface area contributed by atoms with Gasteiger partial charge in [-0.15, -0.1) is 22.7 Å². The molecule has 3 N–H and O–H groups in total. The van der Waals surface area contributed by atoms with Gasteiger partial charge in [-0.05, 0) is 47.0 Å². The number of amides is 3. The van der Waals surface area contributed by atoms with Gasteiger partial charge in [-0.25, -0.2) is 4.79 Å². The number of hydrogen-bond donors (Lipinski definition) is 3. The number of rotatable bonds is 13. The van der Waals surface area contributed by atoms with Crippen LogP contribution < -0.4 is 20.1 Å². The van der Waals surface area contributed by atoms with E-state index in [2.05, 4.69) is 10.6 Å². The lowest BCUT2D eigenvalue weighted by Crippen LogP contribution is -2.51. The van der Waals surface area contributed by atoms with Crippen molar-refractivity contribution in [1.29, 1.82) is 0 Å². The molecule has 0 bridgehead atoms. The number of ether oxygens (including phenoxy) is 2. The molecular weight excluding hydrogens is 526 g/mol. The van der Waals surface area contributed by atoms with Crippen molar-refractivity contribution in [2.75, 3.05) is 6.79 Å². The normalized spacial score (nSPS) is 13.5. The van der Waals surface area contributed by atoms with Crippen molar-refractivity contribution in [2.45, 2.75) is 57.8 Å². The van der Waals surface area contributed by atoms with Gasteiger partial charge in [-0.3, -0.25) is 9.59 Å². The summed E-state index contributed by atoms with van der Waals surface area (Å²) in [6.07, 6.45) is 1.68. The summed E-state index contributed by atoms with van der Waals surface area (Å²) in [7, 11) is 0. The molecule has 38 heavy (non-hydrogen) atoms. The van der Waals surface area contributed by atoms with Crippen LogP contribution in [0.15, 0.2) is 53.2 Å². The summed E-state index contributed by atoms with van der Waals surface area (Å²) < 4.78 is 10.8. The van der Waals surface area contributed by atoms with E-state index in [0.29, 0.717) is 36.6 Å². The first-order valence-electron chi connectivity index (χ1n) is 12.4. The van der Waals surface area contributed by atoms with Crippen molar-refractivity contribution in [2.24, 2.45) is 0 Å². The number of aliphatic carboxylic acids is 1. The van der Waals surface area contributed by atoms with Gasteiger partial charge in [0.1, 0.15) is 6.04 Å². The van der Waals surface area contributed by atoms with Gasteiger partial charge in [0, 0.05) is 9.75 Å². The van der Waals surface area contributed by atoms with E-state index >= 15 is 0 Å². The molecular formula is C27H31N3O6S2. The maximum absolute atomic E-state index is 13.5. The number of carboxylic acid groups (broad SMARTS) is 1. The quantitative estimate of drug-likeness (QED) is 0.268. The zero-order valence-electron chi connectivity index (χ0n) is 21.1. The molecule has 4 rings (SSSR count). The molecule has 0 radical (unpaired) electrons. The van der Waals surface area contributed by atoms with Gasteiger partial charge in [0.15, 0.2) is 11.5 Å². The summed E-state index contributed by atoms with van der Waals surface area (Å²) in [4.78, 5) is 42.3. The lowest BCUT2D eigenvalue weighted by Gasteiger charge is -2.27. The fourth-order valence-corrected chi connectivity index (χ4v) is 5.57. The molecule has 2 atom stereocenters. The van der Waals surface area contributed by atoms with E-state index in [-0.39, 0.29) is 19.2 Å². The Kier molecular flexibility index (Phi) is 9.61. The minimum Gasteiger partial charge on any atom is -0.481 e. The van der Waals surface area contributed by atoms with Crippen LogP contribution in [0.3, 0.4) is 0 Å². The molecule has 3 aromatic rings. The maximum atomic E-state index is 13.5. The Bertz CT molecular complexity index is 1180. The smallest absolute Gasteiger partial charge is 0.318 e. The third-order valence-electron chi connectivity index (χ3n) is 6.10. The van der Waals surface area contributed by atoms with Crippen LogP contribution in [0.2, 0.25) is 0 Å². The first kappa shape index (κ1) is 27.5. The van der Waals surface area contributed by atoms with E-state index in [1.807, 2.05) is 41.9 Å². The van der Waals surface area contributed by atoms with Crippen LogP contribution >= 0.6 is 22.7 Å². The molecule has 11 heteroatoms. The molecule has 2 unspecified atom stereocenters. The monoisotopic (exact) mass is 557 g/mol. The van der Waals surface area contributed by atoms with Gasteiger partial charge in [0.05, 0.1) is 25.6 Å². The second-order valence-corrected chi connectivity index (χ2v) is 11.0. The van der Waals surface area contributed by atoms with Crippen LogP contribution in [-0.2, 0) is 22.7 Å². The minimum absolute atomic E-state index is 0.0906. The Morgan fingerprint density at radius 2 is 1.68 bits per heavy atom. The molecule has 0 saturated heterocycles. The number of carbonyl (C=O) groups is 3. The topological polar surface area (TPSA) is 117 Å². The first-order chi connectivity index (χ1) is 18.4. The van der Waals surface area contributed by atoms with Gasteiger partial charge in [0.2, 0.25) is 12.7 Å². The Balaban J connectivity index is 1.49. The Hall–Kier alpha value is -3.57. The van der Waals surface area contributed by atoms with Gasteiger partial charge >= 0.3 is 12.0 Å². The predicted octanol–water partition coefficient (Wildman–Crippen LogP) is 5.14. The number of carboxylic acids is 1. The number of nitrogens with zero attached hydrogens (tertiary/aromatic N) is 1. The largest absolute Gasteiger partial charge is 0.481 e. The van der Waals surface area contributed by atoms with Crippen LogP contribution in [0.25, 0.3) is 0 Å². The average Bonchev–Trinajstić information content (AvgIpc) is 3.68. The Morgan fingerprint density at radius 3 is 2.29 bits per heavy atom. The number of benzene rings is 1. The first-order valence-corrected chi connectivity index (χ1v) is 14.2. The molecule has 0 aliphatic carbocycles. The predicted molar refractivity (Wildman–Crippen MR) is 145 cm³/mol. The van der Waals surface area contributed by atoms with E-state index in [0.717, 1.165) is 22.6 Å². The van der Waals surface area contributed by atoms with Gasteiger partial charge in [-0.2, -0.15) is 0 Å². The lowest BCUT2D eigenvalue weighted by atomic mass is 10.0. The Labute approximate surface area is 229 Å². The van der Waals surface area contributed by atoms with Crippen LogP contribution in [0.1, 0.15) is 54.0 Å². The van der Waals surface area contributed by atoms with Crippen LogP contribution in [0.5, 0.6) is 11.5 Å². The summed E-state index contributed by atoms with van der Waals surface area (Å²) in [5.74, 6) is -0.414. The molecule has 1 aromatic carbocycles. The SMILES string of the molecule is CCCCC(NC(=O)N(Cc1cccs1)Cc1cccs1)C(=O)NC(CC(=O)O)c1ccc2c(c1)OCO2. The number of thiophene rings is 2. The molecule has 1 aliphatic heterocycles. The zero-order valence-corrected chi connectivity index (χ0v) is 22.7. The molecule has 0 saturated carbocycles. The highest BCUT2D eigenvalue weighted by Gasteiger charge is 2.28. The van der Waals surface area contributed by atoms with Crippen LogP contribution in [-0.4, -0.2) is 40.7 Å². The van der Waals surface area contributed by atoms with Crippen molar-refractivity contribution in [3.8, 4) is 11.5 Å². The van der Waals surface area contributed by atoms with Crippen molar-refractivity contribution < 1.29 is 29.0 Å². The highest BCUT2D eigenvalue weighted by Crippen LogP contribution is 2.35. The third-order valence-corrected chi connectivity index (χ3v) is 7.82. The highest BCUT2D eigenvalue weighted by molar-refractivity contribution is 7.10. The van der Waals surface area contributed by atoms with E-state index in [4.69, 9.17) is 9.47 Å². The summed E-state index contributed by atoms with van der Waals surface area (Å²) in [6, 6.07) is 11.0. The number of hydrogen-bond acceptors (Lipinski definition) is 7. The average molecular weight is 558 g/mol. The van der Waals surface area contributed by atoms with Gasteiger partial charge < -0.3 is 30.1 Å². The lowest BCUT2D eigenvalue weighted by molar-refractivity contribution is -0.137. The molecule has 2 aromatic heterocycles. The number of fused-ring (bicyclic) bond motifs is 1. The summed E-state index contributed by atoms with van der Waals surface area (Å²) >= 11 is 3.14. The van der Waals surface area contributed by atoms with Gasteiger partial charge in [0.25, 0.3) is 0 Å². The molecule has 202 valence electrons. The zero-order chi connectivity index (χ0) is 26.9. The molecule has 3 heterocycles. The number of unbranched alkanes of at least 4 members (excludes halogenated alkanes) is 1. The third kappa shape index (κ3) is 7.48. The summed E-state index contributed by atoms with van der Waals surface area (Å²) in [5.41, 5.74) is 0.586. The van der Waals surface area contributed by atoms with Crippen molar-refractivity contribution in [3.05, 3.63) is 68.5 Å². The highest BCUT2D eigenvalue weighted by atomic mass is 32.1. The summed E-state index contributed by atoms with van der Waals surface area (Å²) in [6.45, 7) is 2.94. The van der Waals surface area contributed by atoms with Crippen molar-refractivity contribution in [3.63, 3.8) is 0 Å². The molecule has 9 nitrogen and oxygen atoms in total. The Morgan fingerprint density at radius 1 is 1.00 bits per heavy atom. The van der Waals surface area contributed by atoms with Crippen LogP contribution in [0, 0.1) is 0 Å². The van der Waals surface area contributed by atoms with Crippen molar-refractivity contribution >= 4 is 40.6 Å². The van der Waals surface area contributed by atoms with Crippen LogP contribution in [0.4, 0.5) is 4.79 Å². The van der Waals surface area contributed by atoms with E-state index < -0.39 is 24.0 Å². The molecule has 3 amide bonds. The minimum atomic E-state index is -1.06. The van der Waals surface area contributed by atoms with E-state index in [9.17, 15) is 19.5 Å². The molecule has 0 spiro atoms. The molecule has 0 fully saturated rings. The number of nitrogens with one attached hydrogen (secondary N) is 2. The number of urea groups is 1. The van der Waals surface area contributed by atoms with E-state index in [1.54, 1.807) is 45.8 Å². The second-order valence-electron chi connectivity index (χ2n) is 8.93.